The molecule has 84 valence electrons. The summed E-state index contributed by atoms with van der Waals surface area (Å²) < 4.78 is 4.84. The zero-order valence-electron chi connectivity index (χ0n) is 9.34. The topological polar surface area (TPSA) is 58.5 Å². The fourth-order valence-electron chi connectivity index (χ4n) is 1.23. The van der Waals surface area contributed by atoms with Crippen LogP contribution >= 0.6 is 0 Å². The van der Waals surface area contributed by atoms with Crippen molar-refractivity contribution in [1.29, 1.82) is 0 Å². The van der Waals surface area contributed by atoms with Crippen LogP contribution in [0.4, 0.5) is 5.95 Å². The van der Waals surface area contributed by atoms with Gasteiger partial charge in [-0.1, -0.05) is 0 Å². The highest BCUT2D eigenvalue weighted by Gasteiger charge is 2.09. The van der Waals surface area contributed by atoms with E-state index in [1.165, 1.54) is 0 Å². The Hall–Kier alpha value is -1.20. The first-order valence-corrected chi connectivity index (χ1v) is 4.80. The van der Waals surface area contributed by atoms with Crippen LogP contribution < -0.4 is 4.90 Å². The highest BCUT2D eigenvalue weighted by molar-refractivity contribution is 5.28. The molecule has 0 aromatic carbocycles. The summed E-state index contributed by atoms with van der Waals surface area (Å²) in [6.45, 7) is 2.71. The van der Waals surface area contributed by atoms with Gasteiger partial charge in [0.2, 0.25) is 5.95 Å². The Morgan fingerprint density at radius 3 is 2.60 bits per heavy atom. The number of aliphatic hydroxyl groups excluding tert-OH is 1. The maximum absolute atomic E-state index is 9.51. The lowest BCUT2D eigenvalue weighted by atomic mass is 10.3. The van der Waals surface area contributed by atoms with Gasteiger partial charge in [0.15, 0.2) is 0 Å². The number of aryl methyl sites for hydroxylation is 1. The van der Waals surface area contributed by atoms with E-state index in [2.05, 4.69) is 9.97 Å². The molecule has 0 aliphatic heterocycles. The molecule has 5 heteroatoms. The van der Waals surface area contributed by atoms with Gasteiger partial charge in [-0.25, -0.2) is 9.97 Å². The van der Waals surface area contributed by atoms with Crippen molar-refractivity contribution in [2.45, 2.75) is 13.0 Å². The van der Waals surface area contributed by atoms with Crippen molar-refractivity contribution in [3.05, 3.63) is 18.0 Å². The second-order valence-corrected chi connectivity index (χ2v) is 3.55. The van der Waals surface area contributed by atoms with Crippen molar-refractivity contribution in [3.8, 4) is 0 Å². The average molecular weight is 211 g/mol. The predicted molar refractivity (Wildman–Crippen MR) is 57.9 cm³/mol. The largest absolute Gasteiger partial charge is 0.389 e. The van der Waals surface area contributed by atoms with Crippen molar-refractivity contribution in [2.24, 2.45) is 0 Å². The number of aromatic nitrogens is 2. The molecule has 1 aromatic rings. The Balaban J connectivity index is 2.53. The van der Waals surface area contributed by atoms with Gasteiger partial charge in [-0.2, -0.15) is 0 Å². The Morgan fingerprint density at radius 1 is 1.47 bits per heavy atom. The smallest absolute Gasteiger partial charge is 0.225 e. The number of anilines is 1. The summed E-state index contributed by atoms with van der Waals surface area (Å²) in [5, 5.41) is 9.51. The first-order valence-electron chi connectivity index (χ1n) is 4.80. The summed E-state index contributed by atoms with van der Waals surface area (Å²) in [5.74, 6) is 0.607. The molecule has 1 heterocycles. The number of rotatable bonds is 5. The van der Waals surface area contributed by atoms with E-state index >= 15 is 0 Å². The van der Waals surface area contributed by atoms with Gasteiger partial charge in [0.25, 0.3) is 0 Å². The maximum atomic E-state index is 9.51. The number of likely N-dealkylation sites (N-methyl/N-ethyl adjacent to an activating group) is 1. The highest BCUT2D eigenvalue weighted by atomic mass is 16.5. The van der Waals surface area contributed by atoms with Gasteiger partial charge in [0.05, 0.1) is 12.7 Å². The van der Waals surface area contributed by atoms with E-state index in [0.717, 1.165) is 5.56 Å². The molecular formula is C10H17N3O2. The minimum absolute atomic E-state index is 0.316. The van der Waals surface area contributed by atoms with Crippen LogP contribution in [0.1, 0.15) is 5.56 Å². The van der Waals surface area contributed by atoms with E-state index in [9.17, 15) is 5.11 Å². The monoisotopic (exact) mass is 211 g/mol. The van der Waals surface area contributed by atoms with Crippen molar-refractivity contribution in [3.63, 3.8) is 0 Å². The van der Waals surface area contributed by atoms with Gasteiger partial charge in [0.1, 0.15) is 0 Å². The Labute approximate surface area is 89.7 Å². The number of ether oxygens (including phenoxy) is 1. The Morgan fingerprint density at radius 2 is 2.07 bits per heavy atom. The molecule has 1 rings (SSSR count). The van der Waals surface area contributed by atoms with Crippen LogP contribution in [-0.2, 0) is 4.74 Å². The van der Waals surface area contributed by atoms with Gasteiger partial charge in [-0.15, -0.1) is 0 Å². The molecular weight excluding hydrogens is 194 g/mol. The lowest BCUT2D eigenvalue weighted by molar-refractivity contribution is 0.0693. The summed E-state index contributed by atoms with van der Waals surface area (Å²) in [6, 6.07) is 0. The fourth-order valence-corrected chi connectivity index (χ4v) is 1.23. The van der Waals surface area contributed by atoms with E-state index in [-0.39, 0.29) is 0 Å². The highest BCUT2D eigenvalue weighted by Crippen LogP contribution is 2.04. The van der Waals surface area contributed by atoms with E-state index < -0.39 is 6.10 Å². The molecule has 0 saturated carbocycles. The summed E-state index contributed by atoms with van der Waals surface area (Å²) >= 11 is 0. The minimum atomic E-state index is -0.523. The molecule has 0 aliphatic rings. The van der Waals surface area contributed by atoms with E-state index in [0.29, 0.717) is 19.1 Å². The van der Waals surface area contributed by atoms with E-state index in [4.69, 9.17) is 4.74 Å². The fraction of sp³-hybridized carbons (Fsp3) is 0.600. The summed E-state index contributed by atoms with van der Waals surface area (Å²) in [6.07, 6.45) is 2.98. The molecule has 5 nitrogen and oxygen atoms in total. The van der Waals surface area contributed by atoms with Crippen LogP contribution in [0.2, 0.25) is 0 Å². The first-order chi connectivity index (χ1) is 7.13. The third-order valence-corrected chi connectivity index (χ3v) is 1.95. The van der Waals surface area contributed by atoms with Crippen molar-refractivity contribution < 1.29 is 9.84 Å². The molecule has 0 saturated heterocycles. The predicted octanol–water partition coefficient (Wildman–Crippen LogP) is 0.229. The Kier molecular flexibility index (Phi) is 4.45. The summed E-state index contributed by atoms with van der Waals surface area (Å²) in [5.41, 5.74) is 1.02. The quantitative estimate of drug-likeness (QED) is 0.755. The van der Waals surface area contributed by atoms with Crippen LogP contribution in [-0.4, -0.2) is 48.5 Å². The zero-order chi connectivity index (χ0) is 11.3. The molecule has 1 unspecified atom stereocenters. The minimum Gasteiger partial charge on any atom is -0.389 e. The average Bonchev–Trinajstić information content (AvgIpc) is 2.18. The number of methoxy groups -OCH3 is 1. The number of aliphatic hydroxyl groups is 1. The first kappa shape index (κ1) is 11.9. The molecule has 1 aromatic heterocycles. The molecule has 15 heavy (non-hydrogen) atoms. The van der Waals surface area contributed by atoms with Crippen molar-refractivity contribution >= 4 is 5.95 Å². The lowest BCUT2D eigenvalue weighted by Gasteiger charge is -2.20. The molecule has 0 bridgehead atoms. The standard InChI is InChI=1S/C10H17N3O2/c1-8-4-11-10(12-5-8)13(2)6-9(14)7-15-3/h4-5,9,14H,6-7H2,1-3H3. The molecule has 0 spiro atoms. The number of hydrogen-bond acceptors (Lipinski definition) is 5. The molecule has 1 N–H and O–H groups in total. The van der Waals surface area contributed by atoms with Crippen LogP contribution in [0.25, 0.3) is 0 Å². The third-order valence-electron chi connectivity index (χ3n) is 1.95. The second kappa shape index (κ2) is 5.63. The Bertz CT molecular complexity index is 289. The van der Waals surface area contributed by atoms with Crippen molar-refractivity contribution in [1.82, 2.24) is 9.97 Å². The van der Waals surface area contributed by atoms with Crippen LogP contribution in [0.15, 0.2) is 12.4 Å². The maximum Gasteiger partial charge on any atom is 0.225 e. The lowest BCUT2D eigenvalue weighted by Crippen LogP contribution is -2.32. The molecule has 0 fully saturated rings. The molecule has 1 atom stereocenters. The molecule has 0 aliphatic carbocycles. The second-order valence-electron chi connectivity index (χ2n) is 3.55. The van der Waals surface area contributed by atoms with Crippen LogP contribution in [0, 0.1) is 6.92 Å². The summed E-state index contributed by atoms with van der Waals surface area (Å²) in [4.78, 5) is 10.1. The van der Waals surface area contributed by atoms with E-state index in [1.807, 2.05) is 14.0 Å². The van der Waals surface area contributed by atoms with Crippen LogP contribution in [0.3, 0.4) is 0 Å². The number of nitrogens with zero attached hydrogens (tertiary/aromatic N) is 3. The number of hydrogen-bond donors (Lipinski definition) is 1. The SMILES string of the molecule is COCC(O)CN(C)c1ncc(C)cn1. The normalized spacial score (nSPS) is 12.5. The van der Waals surface area contributed by atoms with Gasteiger partial charge in [0, 0.05) is 33.1 Å². The van der Waals surface area contributed by atoms with Gasteiger partial charge < -0.3 is 14.7 Å². The van der Waals surface area contributed by atoms with Gasteiger partial charge >= 0.3 is 0 Å². The van der Waals surface area contributed by atoms with Crippen molar-refractivity contribution in [2.75, 3.05) is 32.2 Å². The van der Waals surface area contributed by atoms with E-state index in [1.54, 1.807) is 24.4 Å². The van der Waals surface area contributed by atoms with Crippen LogP contribution in [0.5, 0.6) is 0 Å². The molecule has 0 radical (unpaired) electrons. The zero-order valence-corrected chi connectivity index (χ0v) is 9.34. The van der Waals surface area contributed by atoms with Gasteiger partial charge in [-0.3, -0.25) is 0 Å². The van der Waals surface area contributed by atoms with Gasteiger partial charge in [-0.05, 0) is 12.5 Å². The molecule has 0 amide bonds. The third kappa shape index (κ3) is 3.81. The summed E-state index contributed by atoms with van der Waals surface area (Å²) in [7, 11) is 3.40.